The molecule has 1 amide bonds. The Morgan fingerprint density at radius 2 is 2.09 bits per heavy atom. The molecule has 168 valence electrons. The summed E-state index contributed by atoms with van der Waals surface area (Å²) >= 11 is 4.47. The van der Waals surface area contributed by atoms with Crippen molar-refractivity contribution in [1.29, 1.82) is 0 Å². The third kappa shape index (κ3) is 5.57. The number of benzene rings is 2. The van der Waals surface area contributed by atoms with Gasteiger partial charge in [0.25, 0.3) is 0 Å². The molecule has 6 nitrogen and oxygen atoms in total. The number of nitrogens with zero attached hydrogens (tertiary/aromatic N) is 3. The van der Waals surface area contributed by atoms with E-state index in [-0.39, 0.29) is 23.5 Å². The summed E-state index contributed by atoms with van der Waals surface area (Å²) in [5, 5.41) is 11.7. The summed E-state index contributed by atoms with van der Waals surface area (Å²) in [6, 6.07) is 13.0. The number of hydrogen-bond acceptors (Lipinski definition) is 5. The zero-order chi connectivity index (χ0) is 22.5. The minimum absolute atomic E-state index is 0.105. The van der Waals surface area contributed by atoms with Crippen molar-refractivity contribution < 1.29 is 13.9 Å². The smallest absolute Gasteiger partial charge is 0.234 e. The van der Waals surface area contributed by atoms with Crippen molar-refractivity contribution in [2.24, 2.45) is 0 Å². The Labute approximate surface area is 199 Å². The van der Waals surface area contributed by atoms with Crippen LogP contribution in [0.5, 0.6) is 0 Å². The summed E-state index contributed by atoms with van der Waals surface area (Å²) in [4.78, 5) is 12.3. The first-order valence-corrected chi connectivity index (χ1v) is 12.3. The quantitative estimate of drug-likeness (QED) is 0.424. The highest BCUT2D eigenvalue weighted by molar-refractivity contribution is 9.10. The standard InChI is InChI=1S/C23H24BrFN4O2S/c1-2-29-21(13-31-18-9-7-15-5-3-4-6-16(15)11-18)27-28-23(29)32-14-22(30)26-20-10-8-17(24)12-19(20)25/h3-6,8,10,12,18H,2,7,9,11,13-14H2,1H3,(H,26,30). The van der Waals surface area contributed by atoms with E-state index < -0.39 is 5.82 Å². The van der Waals surface area contributed by atoms with Gasteiger partial charge in [-0.05, 0) is 55.5 Å². The van der Waals surface area contributed by atoms with Crippen molar-refractivity contribution in [2.75, 3.05) is 11.1 Å². The molecule has 32 heavy (non-hydrogen) atoms. The lowest BCUT2D eigenvalue weighted by Gasteiger charge is -2.24. The second kappa shape index (κ2) is 10.6. The van der Waals surface area contributed by atoms with Crippen molar-refractivity contribution in [3.63, 3.8) is 0 Å². The van der Waals surface area contributed by atoms with Crippen LogP contribution in [-0.2, 0) is 35.5 Å². The molecule has 0 aliphatic heterocycles. The predicted octanol–water partition coefficient (Wildman–Crippen LogP) is 5.00. The van der Waals surface area contributed by atoms with Gasteiger partial charge in [-0.3, -0.25) is 4.79 Å². The fourth-order valence-electron chi connectivity index (χ4n) is 3.76. The zero-order valence-electron chi connectivity index (χ0n) is 17.7. The number of aromatic nitrogens is 3. The van der Waals surface area contributed by atoms with Crippen LogP contribution in [0.3, 0.4) is 0 Å². The van der Waals surface area contributed by atoms with Gasteiger partial charge in [0.2, 0.25) is 5.91 Å². The molecular formula is C23H24BrFN4O2S. The number of aryl methyl sites for hydroxylation is 1. The number of rotatable bonds is 8. The molecule has 0 saturated carbocycles. The lowest BCUT2D eigenvalue weighted by molar-refractivity contribution is -0.113. The van der Waals surface area contributed by atoms with Gasteiger partial charge >= 0.3 is 0 Å². The number of carbonyl (C=O) groups is 1. The number of ether oxygens (including phenoxy) is 1. The van der Waals surface area contributed by atoms with Crippen LogP contribution in [0.15, 0.2) is 52.1 Å². The number of anilines is 1. The van der Waals surface area contributed by atoms with Crippen LogP contribution in [0.1, 0.15) is 30.3 Å². The van der Waals surface area contributed by atoms with Gasteiger partial charge in [-0.25, -0.2) is 4.39 Å². The molecule has 1 aliphatic carbocycles. The molecule has 1 atom stereocenters. The summed E-state index contributed by atoms with van der Waals surface area (Å²) in [5.41, 5.74) is 2.91. The van der Waals surface area contributed by atoms with E-state index in [1.807, 2.05) is 11.5 Å². The predicted molar refractivity (Wildman–Crippen MR) is 126 cm³/mol. The number of hydrogen-bond donors (Lipinski definition) is 1. The number of halogens is 2. The molecular weight excluding hydrogens is 495 g/mol. The third-order valence-corrected chi connectivity index (χ3v) is 6.86. The van der Waals surface area contributed by atoms with Gasteiger partial charge in [0, 0.05) is 11.0 Å². The van der Waals surface area contributed by atoms with E-state index in [2.05, 4.69) is 55.7 Å². The van der Waals surface area contributed by atoms with Crippen LogP contribution in [-0.4, -0.2) is 32.5 Å². The van der Waals surface area contributed by atoms with Crippen molar-refractivity contribution in [3.05, 3.63) is 69.7 Å². The molecule has 0 fully saturated rings. The summed E-state index contributed by atoms with van der Waals surface area (Å²) in [6.07, 6.45) is 3.09. The minimum Gasteiger partial charge on any atom is -0.370 e. The molecule has 1 unspecified atom stereocenters. The van der Waals surface area contributed by atoms with E-state index >= 15 is 0 Å². The molecule has 4 rings (SSSR count). The van der Waals surface area contributed by atoms with Crippen molar-refractivity contribution in [2.45, 2.75) is 50.6 Å². The van der Waals surface area contributed by atoms with Crippen LogP contribution >= 0.6 is 27.7 Å². The molecule has 0 bridgehead atoms. The van der Waals surface area contributed by atoms with E-state index in [0.717, 1.165) is 25.1 Å². The number of amides is 1. The number of nitrogens with one attached hydrogen (secondary N) is 1. The Bertz CT molecular complexity index is 1110. The number of fused-ring (bicyclic) bond motifs is 1. The first kappa shape index (κ1) is 22.9. The molecule has 0 saturated heterocycles. The van der Waals surface area contributed by atoms with E-state index in [1.54, 1.807) is 6.07 Å². The molecule has 2 aromatic carbocycles. The highest BCUT2D eigenvalue weighted by atomic mass is 79.9. The average Bonchev–Trinajstić information content (AvgIpc) is 3.20. The van der Waals surface area contributed by atoms with E-state index in [9.17, 15) is 9.18 Å². The fraction of sp³-hybridized carbons (Fsp3) is 0.348. The van der Waals surface area contributed by atoms with E-state index in [1.165, 1.54) is 35.0 Å². The molecule has 1 heterocycles. The molecule has 3 aromatic rings. The summed E-state index contributed by atoms with van der Waals surface area (Å²) in [5.74, 6) is 0.0569. The first-order valence-electron chi connectivity index (χ1n) is 10.5. The SMILES string of the molecule is CCn1c(COC2CCc3ccccc3C2)nnc1SCC(=O)Nc1ccc(Br)cc1F. The molecule has 1 aromatic heterocycles. The summed E-state index contributed by atoms with van der Waals surface area (Å²) in [7, 11) is 0. The van der Waals surface area contributed by atoms with E-state index in [0.29, 0.717) is 22.8 Å². The molecule has 0 spiro atoms. The van der Waals surface area contributed by atoms with Crippen molar-refractivity contribution >= 4 is 39.3 Å². The second-order valence-corrected chi connectivity index (χ2v) is 9.41. The Hall–Kier alpha value is -2.23. The number of thioether (sulfide) groups is 1. The van der Waals surface area contributed by atoms with Gasteiger partial charge < -0.3 is 14.6 Å². The largest absolute Gasteiger partial charge is 0.370 e. The molecule has 0 radical (unpaired) electrons. The van der Waals surface area contributed by atoms with Gasteiger partial charge in [0.1, 0.15) is 12.4 Å². The molecule has 9 heteroatoms. The van der Waals surface area contributed by atoms with Gasteiger partial charge in [-0.2, -0.15) is 0 Å². The number of carbonyl (C=O) groups excluding carboxylic acids is 1. The van der Waals surface area contributed by atoms with Gasteiger partial charge in [-0.1, -0.05) is 52.0 Å². The van der Waals surface area contributed by atoms with Gasteiger partial charge in [-0.15, -0.1) is 10.2 Å². The Balaban J connectivity index is 1.31. The highest BCUT2D eigenvalue weighted by Crippen LogP contribution is 2.25. The second-order valence-electron chi connectivity index (χ2n) is 7.55. The van der Waals surface area contributed by atoms with E-state index in [4.69, 9.17) is 4.74 Å². The summed E-state index contributed by atoms with van der Waals surface area (Å²) in [6.45, 7) is 3.06. The van der Waals surface area contributed by atoms with Crippen LogP contribution in [0.4, 0.5) is 10.1 Å². The maximum Gasteiger partial charge on any atom is 0.234 e. The molecule has 1 N–H and O–H groups in total. The van der Waals surface area contributed by atoms with Crippen LogP contribution in [0.2, 0.25) is 0 Å². The van der Waals surface area contributed by atoms with Crippen LogP contribution < -0.4 is 5.32 Å². The Morgan fingerprint density at radius 3 is 2.88 bits per heavy atom. The van der Waals surface area contributed by atoms with Crippen molar-refractivity contribution in [3.8, 4) is 0 Å². The minimum atomic E-state index is -0.487. The summed E-state index contributed by atoms with van der Waals surface area (Å²) < 4.78 is 22.6. The van der Waals surface area contributed by atoms with Gasteiger partial charge in [0.05, 0.1) is 17.5 Å². The normalized spacial score (nSPS) is 15.4. The maximum absolute atomic E-state index is 13.9. The topological polar surface area (TPSA) is 69.0 Å². The molecule has 1 aliphatic rings. The maximum atomic E-state index is 13.9. The lowest BCUT2D eigenvalue weighted by Crippen LogP contribution is -2.23. The Morgan fingerprint density at radius 1 is 1.28 bits per heavy atom. The van der Waals surface area contributed by atoms with Crippen molar-refractivity contribution in [1.82, 2.24) is 14.8 Å². The van der Waals surface area contributed by atoms with Gasteiger partial charge in [0.15, 0.2) is 11.0 Å². The first-order chi connectivity index (χ1) is 15.5. The highest BCUT2D eigenvalue weighted by Gasteiger charge is 2.20. The Kier molecular flexibility index (Phi) is 7.59. The lowest BCUT2D eigenvalue weighted by atomic mass is 9.90. The third-order valence-electron chi connectivity index (χ3n) is 5.40. The average molecular weight is 519 g/mol. The van der Waals surface area contributed by atoms with Crippen LogP contribution in [0.25, 0.3) is 0 Å². The fourth-order valence-corrected chi connectivity index (χ4v) is 4.91. The zero-order valence-corrected chi connectivity index (χ0v) is 20.1. The monoisotopic (exact) mass is 518 g/mol. The van der Waals surface area contributed by atoms with Crippen LogP contribution in [0, 0.1) is 5.82 Å².